The van der Waals surface area contributed by atoms with Crippen molar-refractivity contribution in [3.8, 4) is 34.0 Å². The second kappa shape index (κ2) is 6.25. The number of nitrogens with zero attached hydrogens (tertiary/aromatic N) is 3. The molecule has 5 rings (SSSR count). The van der Waals surface area contributed by atoms with Crippen molar-refractivity contribution < 1.29 is 9.47 Å². The zero-order valence-electron chi connectivity index (χ0n) is 14.4. The summed E-state index contributed by atoms with van der Waals surface area (Å²) >= 11 is 0. The Morgan fingerprint density at radius 1 is 0.741 bits per heavy atom. The smallest absolute Gasteiger partial charge is 0.221 e. The highest BCUT2D eigenvalue weighted by Crippen LogP contribution is 2.35. The van der Waals surface area contributed by atoms with E-state index in [2.05, 4.69) is 9.97 Å². The van der Waals surface area contributed by atoms with Crippen molar-refractivity contribution in [3.05, 3.63) is 60.7 Å². The molecule has 0 atom stereocenters. The maximum atomic E-state index is 5.91. The molecule has 0 aliphatic carbocycles. The van der Waals surface area contributed by atoms with Gasteiger partial charge in [0.15, 0.2) is 11.5 Å². The number of hydrogen-bond acceptors (Lipinski definition) is 6. The Kier molecular flexibility index (Phi) is 3.60. The molecule has 2 aromatic carbocycles. The fourth-order valence-corrected chi connectivity index (χ4v) is 3.19. The van der Waals surface area contributed by atoms with Crippen LogP contribution in [0.25, 0.3) is 33.5 Å². The van der Waals surface area contributed by atoms with Gasteiger partial charge in [0.2, 0.25) is 5.95 Å². The first kappa shape index (κ1) is 15.6. The summed E-state index contributed by atoms with van der Waals surface area (Å²) in [6.45, 7) is 1.12. The number of rotatable bonds is 2. The van der Waals surface area contributed by atoms with Gasteiger partial charge in [0.1, 0.15) is 24.4 Å². The van der Waals surface area contributed by atoms with E-state index in [4.69, 9.17) is 20.2 Å². The topological polar surface area (TPSA) is 83.2 Å². The molecular weight excluding hydrogens is 340 g/mol. The van der Waals surface area contributed by atoms with Crippen LogP contribution < -0.4 is 15.2 Å². The Balaban J connectivity index is 1.68. The standard InChI is InChI=1S/C21H16N4O2/c22-21-24-16-8-7-15(14-6-9-17-18(12-14)27-11-10-26-17)23-20(16)19(25-21)13-4-2-1-3-5-13/h1-9,12H,10-11H2,(H2,22,24,25). The highest BCUT2D eigenvalue weighted by molar-refractivity contribution is 5.91. The lowest BCUT2D eigenvalue weighted by atomic mass is 10.1. The fourth-order valence-electron chi connectivity index (χ4n) is 3.19. The van der Waals surface area contributed by atoms with Gasteiger partial charge in [-0.05, 0) is 30.3 Å². The van der Waals surface area contributed by atoms with Crippen LogP contribution in [0.3, 0.4) is 0 Å². The Hall–Kier alpha value is -3.67. The van der Waals surface area contributed by atoms with Crippen LogP contribution in [0.15, 0.2) is 60.7 Å². The number of nitrogen functional groups attached to an aromatic ring is 1. The molecule has 4 aromatic rings. The average Bonchev–Trinajstić information content (AvgIpc) is 2.73. The van der Waals surface area contributed by atoms with Gasteiger partial charge in [-0.1, -0.05) is 30.3 Å². The van der Waals surface area contributed by atoms with Gasteiger partial charge in [-0.15, -0.1) is 0 Å². The Labute approximate surface area is 155 Å². The number of hydrogen-bond donors (Lipinski definition) is 1. The molecule has 0 spiro atoms. The SMILES string of the molecule is Nc1nc(-c2ccccc2)c2nc(-c3ccc4c(c3)OCCO4)ccc2n1. The molecule has 0 saturated carbocycles. The van der Waals surface area contributed by atoms with E-state index in [0.717, 1.165) is 34.0 Å². The molecule has 0 fully saturated rings. The molecule has 2 N–H and O–H groups in total. The number of fused-ring (bicyclic) bond motifs is 2. The van der Waals surface area contributed by atoms with E-state index in [0.29, 0.717) is 24.2 Å². The van der Waals surface area contributed by atoms with Crippen molar-refractivity contribution in [2.24, 2.45) is 0 Å². The molecule has 0 amide bonds. The quantitative estimate of drug-likeness (QED) is 0.589. The molecule has 0 bridgehead atoms. The molecule has 0 unspecified atom stereocenters. The van der Waals surface area contributed by atoms with Crippen LogP contribution in [0.5, 0.6) is 11.5 Å². The molecule has 2 aromatic heterocycles. The molecule has 1 aliphatic rings. The van der Waals surface area contributed by atoms with Gasteiger partial charge in [0.05, 0.1) is 11.2 Å². The molecule has 27 heavy (non-hydrogen) atoms. The van der Waals surface area contributed by atoms with Crippen LogP contribution in [0.2, 0.25) is 0 Å². The predicted octanol–water partition coefficient (Wildman–Crippen LogP) is 3.71. The second-order valence-corrected chi connectivity index (χ2v) is 6.22. The molecule has 3 heterocycles. The normalized spacial score (nSPS) is 12.9. The predicted molar refractivity (Wildman–Crippen MR) is 104 cm³/mol. The maximum Gasteiger partial charge on any atom is 0.221 e. The minimum atomic E-state index is 0.232. The van der Waals surface area contributed by atoms with E-state index in [1.807, 2.05) is 60.7 Å². The summed E-state index contributed by atoms with van der Waals surface area (Å²) in [5.41, 5.74) is 10.7. The Bertz CT molecular complexity index is 1150. The van der Waals surface area contributed by atoms with Gasteiger partial charge >= 0.3 is 0 Å². The van der Waals surface area contributed by atoms with Crippen LogP contribution in [0, 0.1) is 0 Å². The number of benzene rings is 2. The van der Waals surface area contributed by atoms with Crippen molar-refractivity contribution in [3.63, 3.8) is 0 Å². The molecule has 0 radical (unpaired) electrons. The van der Waals surface area contributed by atoms with E-state index in [1.165, 1.54) is 0 Å². The summed E-state index contributed by atoms with van der Waals surface area (Å²) in [5.74, 6) is 1.72. The molecule has 0 saturated heterocycles. The van der Waals surface area contributed by atoms with E-state index in [9.17, 15) is 0 Å². The average molecular weight is 356 g/mol. The number of ether oxygens (including phenoxy) is 2. The van der Waals surface area contributed by atoms with Crippen LogP contribution in [0.4, 0.5) is 5.95 Å². The summed E-state index contributed by atoms with van der Waals surface area (Å²) in [6.07, 6.45) is 0. The summed E-state index contributed by atoms with van der Waals surface area (Å²) in [7, 11) is 0. The maximum absolute atomic E-state index is 5.91. The van der Waals surface area contributed by atoms with Gasteiger partial charge in [-0.3, -0.25) is 0 Å². The monoisotopic (exact) mass is 356 g/mol. The minimum Gasteiger partial charge on any atom is -0.486 e. The van der Waals surface area contributed by atoms with Crippen molar-refractivity contribution >= 4 is 17.0 Å². The van der Waals surface area contributed by atoms with Crippen molar-refractivity contribution in [1.29, 1.82) is 0 Å². The number of aromatic nitrogens is 3. The van der Waals surface area contributed by atoms with Gasteiger partial charge in [-0.2, -0.15) is 0 Å². The third-order valence-corrected chi connectivity index (χ3v) is 4.44. The first-order chi connectivity index (χ1) is 13.3. The summed E-state index contributed by atoms with van der Waals surface area (Å²) in [5, 5.41) is 0. The van der Waals surface area contributed by atoms with Crippen molar-refractivity contribution in [1.82, 2.24) is 15.0 Å². The number of nitrogens with two attached hydrogens (primary N) is 1. The van der Waals surface area contributed by atoms with E-state index in [1.54, 1.807) is 0 Å². The van der Waals surface area contributed by atoms with E-state index in [-0.39, 0.29) is 5.95 Å². The summed E-state index contributed by atoms with van der Waals surface area (Å²) in [4.78, 5) is 13.6. The number of anilines is 1. The zero-order chi connectivity index (χ0) is 18.2. The molecule has 1 aliphatic heterocycles. The first-order valence-electron chi connectivity index (χ1n) is 8.68. The van der Waals surface area contributed by atoms with Crippen LogP contribution in [-0.4, -0.2) is 28.2 Å². The van der Waals surface area contributed by atoms with Gasteiger partial charge < -0.3 is 15.2 Å². The third kappa shape index (κ3) is 2.81. The van der Waals surface area contributed by atoms with Gasteiger partial charge in [-0.25, -0.2) is 15.0 Å². The zero-order valence-corrected chi connectivity index (χ0v) is 14.4. The molecule has 132 valence electrons. The summed E-state index contributed by atoms with van der Waals surface area (Å²) in [6, 6.07) is 19.5. The van der Waals surface area contributed by atoms with Gasteiger partial charge in [0, 0.05) is 11.1 Å². The minimum absolute atomic E-state index is 0.232. The molecular formula is C21H16N4O2. The fraction of sp³-hybridized carbons (Fsp3) is 0.0952. The van der Waals surface area contributed by atoms with Crippen molar-refractivity contribution in [2.45, 2.75) is 0 Å². The highest BCUT2D eigenvalue weighted by Gasteiger charge is 2.15. The van der Waals surface area contributed by atoms with Gasteiger partial charge in [0.25, 0.3) is 0 Å². The van der Waals surface area contributed by atoms with Crippen molar-refractivity contribution in [2.75, 3.05) is 18.9 Å². The largest absolute Gasteiger partial charge is 0.486 e. The van der Waals surface area contributed by atoms with E-state index < -0.39 is 0 Å². The first-order valence-corrected chi connectivity index (χ1v) is 8.68. The van der Waals surface area contributed by atoms with Crippen LogP contribution in [-0.2, 0) is 0 Å². The molecule has 6 nitrogen and oxygen atoms in total. The van der Waals surface area contributed by atoms with Crippen LogP contribution >= 0.6 is 0 Å². The lowest BCUT2D eigenvalue weighted by Crippen LogP contribution is -2.15. The molecule has 6 heteroatoms. The Morgan fingerprint density at radius 2 is 1.56 bits per heavy atom. The lowest BCUT2D eigenvalue weighted by molar-refractivity contribution is 0.171. The van der Waals surface area contributed by atoms with E-state index >= 15 is 0 Å². The van der Waals surface area contributed by atoms with Crippen LogP contribution in [0.1, 0.15) is 0 Å². The lowest BCUT2D eigenvalue weighted by Gasteiger charge is -2.18. The summed E-state index contributed by atoms with van der Waals surface area (Å²) < 4.78 is 11.3. The Morgan fingerprint density at radius 3 is 2.41 bits per heavy atom. The number of pyridine rings is 1. The second-order valence-electron chi connectivity index (χ2n) is 6.22. The third-order valence-electron chi connectivity index (χ3n) is 4.44. The highest BCUT2D eigenvalue weighted by atomic mass is 16.6.